The third-order valence-electron chi connectivity index (χ3n) is 2.13. The van der Waals surface area contributed by atoms with E-state index < -0.39 is 0 Å². The van der Waals surface area contributed by atoms with Gasteiger partial charge >= 0.3 is 0 Å². The number of anilines is 1. The second-order valence-corrected chi connectivity index (χ2v) is 8.15. The molecule has 0 aliphatic rings. The smallest absolute Gasteiger partial charge is 0.234 e. The minimum Gasteiger partial charge on any atom is -0.324 e. The molecular weight excluding hydrogens is 378 g/mol. The summed E-state index contributed by atoms with van der Waals surface area (Å²) in [4.78, 5) is 11.9. The third-order valence-corrected chi connectivity index (χ3v) is 5.89. The summed E-state index contributed by atoms with van der Waals surface area (Å²) in [5.41, 5.74) is 0.776. The van der Waals surface area contributed by atoms with Crippen LogP contribution in [0.4, 0.5) is 5.69 Å². The van der Waals surface area contributed by atoms with Crippen LogP contribution in [0.5, 0.6) is 0 Å². The average molecular weight is 390 g/mol. The van der Waals surface area contributed by atoms with E-state index in [0.29, 0.717) is 5.75 Å². The highest BCUT2D eigenvalue weighted by molar-refractivity contribution is 9.10. The zero-order chi connectivity index (χ0) is 14.4. The molecule has 2 aromatic rings. The van der Waals surface area contributed by atoms with E-state index in [-0.39, 0.29) is 5.91 Å². The Hall–Kier alpha value is -0.570. The fraction of sp³-hybridized carbons (Fsp3) is 0.250. The predicted molar refractivity (Wildman–Crippen MR) is 89.8 cm³/mol. The Labute approximate surface area is 138 Å². The van der Waals surface area contributed by atoms with Crippen molar-refractivity contribution in [1.82, 2.24) is 10.2 Å². The summed E-state index contributed by atoms with van der Waals surface area (Å²) in [6, 6.07) is 7.53. The molecular formula is C12H12BrN3OS3. The molecule has 1 amide bonds. The van der Waals surface area contributed by atoms with Crippen LogP contribution in [0.2, 0.25) is 0 Å². The number of nitrogens with zero attached hydrogens (tertiary/aromatic N) is 2. The summed E-state index contributed by atoms with van der Waals surface area (Å²) in [6.45, 7) is 2.07. The number of hydrogen-bond donors (Lipinski definition) is 1. The lowest BCUT2D eigenvalue weighted by molar-refractivity contribution is -0.113. The number of carbonyl (C=O) groups excluding carboxylic acids is 1. The summed E-state index contributed by atoms with van der Waals surface area (Å²) < 4.78 is 2.64. The minimum absolute atomic E-state index is 0.0539. The lowest BCUT2D eigenvalue weighted by Crippen LogP contribution is -2.14. The van der Waals surface area contributed by atoms with E-state index in [0.717, 1.165) is 24.6 Å². The van der Waals surface area contributed by atoms with Crippen LogP contribution in [-0.2, 0) is 4.79 Å². The maximum atomic E-state index is 11.9. The number of thioether (sulfide) groups is 2. The van der Waals surface area contributed by atoms with Gasteiger partial charge in [-0.1, -0.05) is 53.9 Å². The number of rotatable bonds is 6. The van der Waals surface area contributed by atoms with Crippen molar-refractivity contribution in [1.29, 1.82) is 0 Å². The number of carbonyl (C=O) groups is 1. The van der Waals surface area contributed by atoms with Crippen LogP contribution in [0.25, 0.3) is 0 Å². The number of aromatic nitrogens is 2. The molecule has 0 saturated carbocycles. The fourth-order valence-corrected chi connectivity index (χ4v) is 4.41. The number of benzene rings is 1. The number of nitrogens with one attached hydrogen (secondary N) is 1. The van der Waals surface area contributed by atoms with Gasteiger partial charge in [0.25, 0.3) is 0 Å². The molecule has 0 radical (unpaired) electrons. The van der Waals surface area contributed by atoms with E-state index in [1.54, 1.807) is 11.8 Å². The molecule has 106 valence electrons. The van der Waals surface area contributed by atoms with Crippen molar-refractivity contribution >= 4 is 62.4 Å². The van der Waals surface area contributed by atoms with Gasteiger partial charge < -0.3 is 5.32 Å². The molecule has 2 rings (SSSR count). The Balaban J connectivity index is 1.84. The largest absolute Gasteiger partial charge is 0.324 e. The van der Waals surface area contributed by atoms with Crippen LogP contribution < -0.4 is 5.32 Å². The van der Waals surface area contributed by atoms with Crippen molar-refractivity contribution in [3.05, 3.63) is 28.7 Å². The van der Waals surface area contributed by atoms with Gasteiger partial charge in [-0.05, 0) is 33.8 Å². The minimum atomic E-state index is -0.0539. The Morgan fingerprint density at radius 2 is 2.00 bits per heavy atom. The number of para-hydroxylation sites is 1. The molecule has 1 heterocycles. The maximum Gasteiger partial charge on any atom is 0.234 e. The molecule has 0 spiro atoms. The lowest BCUT2D eigenvalue weighted by atomic mass is 10.3. The highest BCUT2D eigenvalue weighted by atomic mass is 79.9. The molecule has 1 N–H and O–H groups in total. The van der Waals surface area contributed by atoms with Crippen molar-refractivity contribution in [3.63, 3.8) is 0 Å². The van der Waals surface area contributed by atoms with Gasteiger partial charge in [-0.3, -0.25) is 4.79 Å². The maximum absolute atomic E-state index is 11.9. The first kappa shape index (κ1) is 15.8. The molecule has 0 saturated heterocycles. The molecule has 4 nitrogen and oxygen atoms in total. The van der Waals surface area contributed by atoms with Crippen LogP contribution >= 0.6 is 50.8 Å². The standard InChI is InChI=1S/C12H12BrN3OS3/c1-2-18-11-15-16-12(20-11)19-7-10(17)14-9-6-4-3-5-8(9)13/h3-6H,2,7H2,1H3,(H,14,17). The molecule has 0 unspecified atom stereocenters. The summed E-state index contributed by atoms with van der Waals surface area (Å²) in [5.74, 6) is 1.25. The average Bonchev–Trinajstić information content (AvgIpc) is 2.87. The van der Waals surface area contributed by atoms with Crippen molar-refractivity contribution in [2.24, 2.45) is 0 Å². The van der Waals surface area contributed by atoms with Gasteiger partial charge in [0.05, 0.1) is 11.4 Å². The van der Waals surface area contributed by atoms with Gasteiger partial charge in [0.1, 0.15) is 0 Å². The van der Waals surface area contributed by atoms with Gasteiger partial charge in [0, 0.05) is 4.47 Å². The van der Waals surface area contributed by atoms with Crippen molar-refractivity contribution in [2.75, 3.05) is 16.8 Å². The fourth-order valence-electron chi connectivity index (χ4n) is 1.31. The highest BCUT2D eigenvalue weighted by Gasteiger charge is 2.09. The first-order valence-corrected chi connectivity index (χ1v) is 9.40. The van der Waals surface area contributed by atoms with Crippen LogP contribution in [0.15, 0.2) is 37.4 Å². The second-order valence-electron chi connectivity index (χ2n) is 3.58. The molecule has 0 aliphatic carbocycles. The number of amides is 1. The SMILES string of the molecule is CCSc1nnc(SCC(=O)Nc2ccccc2Br)s1. The summed E-state index contributed by atoms with van der Waals surface area (Å²) >= 11 is 7.98. The van der Waals surface area contributed by atoms with E-state index in [1.807, 2.05) is 24.3 Å². The van der Waals surface area contributed by atoms with Gasteiger partial charge in [0.2, 0.25) is 5.91 Å². The lowest BCUT2D eigenvalue weighted by Gasteiger charge is -2.05. The molecule has 0 fully saturated rings. The normalized spacial score (nSPS) is 10.5. The molecule has 0 aliphatic heterocycles. The topological polar surface area (TPSA) is 54.9 Å². The quantitative estimate of drug-likeness (QED) is 0.752. The van der Waals surface area contributed by atoms with Gasteiger partial charge in [-0.2, -0.15) is 0 Å². The Morgan fingerprint density at radius 1 is 1.30 bits per heavy atom. The Bertz CT molecular complexity index is 591. The monoisotopic (exact) mass is 389 g/mol. The van der Waals surface area contributed by atoms with E-state index in [1.165, 1.54) is 23.1 Å². The van der Waals surface area contributed by atoms with E-state index >= 15 is 0 Å². The molecule has 20 heavy (non-hydrogen) atoms. The van der Waals surface area contributed by atoms with Crippen LogP contribution in [0, 0.1) is 0 Å². The van der Waals surface area contributed by atoms with E-state index in [9.17, 15) is 4.79 Å². The first-order chi connectivity index (χ1) is 9.69. The summed E-state index contributed by atoms with van der Waals surface area (Å²) in [5, 5.41) is 11.0. The van der Waals surface area contributed by atoms with Crippen molar-refractivity contribution < 1.29 is 4.79 Å². The van der Waals surface area contributed by atoms with E-state index in [4.69, 9.17) is 0 Å². The van der Waals surface area contributed by atoms with E-state index in [2.05, 4.69) is 38.4 Å². The molecule has 8 heteroatoms. The first-order valence-electron chi connectivity index (χ1n) is 5.82. The Kier molecular flexibility index (Phi) is 6.34. The molecule has 0 atom stereocenters. The predicted octanol–water partition coefficient (Wildman–Crippen LogP) is 4.14. The summed E-state index contributed by atoms with van der Waals surface area (Å²) in [7, 11) is 0. The van der Waals surface area contributed by atoms with Gasteiger partial charge in [0.15, 0.2) is 8.68 Å². The second kappa shape index (κ2) is 8.02. The van der Waals surface area contributed by atoms with Crippen LogP contribution in [-0.4, -0.2) is 27.6 Å². The van der Waals surface area contributed by atoms with Gasteiger partial charge in [-0.15, -0.1) is 10.2 Å². The zero-order valence-corrected chi connectivity index (χ0v) is 14.7. The van der Waals surface area contributed by atoms with Gasteiger partial charge in [-0.25, -0.2) is 0 Å². The van der Waals surface area contributed by atoms with Crippen molar-refractivity contribution in [2.45, 2.75) is 15.6 Å². The van der Waals surface area contributed by atoms with Crippen LogP contribution in [0.1, 0.15) is 6.92 Å². The third kappa shape index (κ3) is 4.76. The zero-order valence-electron chi connectivity index (χ0n) is 10.6. The molecule has 1 aromatic carbocycles. The number of halogens is 1. The number of hydrogen-bond acceptors (Lipinski definition) is 6. The van der Waals surface area contributed by atoms with Crippen LogP contribution in [0.3, 0.4) is 0 Å². The summed E-state index contributed by atoms with van der Waals surface area (Å²) in [6.07, 6.45) is 0. The molecule has 0 bridgehead atoms. The molecule has 1 aromatic heterocycles. The Morgan fingerprint density at radius 3 is 2.70 bits per heavy atom. The highest BCUT2D eigenvalue weighted by Crippen LogP contribution is 2.28. The van der Waals surface area contributed by atoms with Crippen molar-refractivity contribution in [3.8, 4) is 0 Å².